The van der Waals surface area contributed by atoms with Gasteiger partial charge in [0.1, 0.15) is 11.9 Å². The first kappa shape index (κ1) is 14.7. The summed E-state index contributed by atoms with van der Waals surface area (Å²) in [6, 6.07) is 6.52. The van der Waals surface area contributed by atoms with Crippen molar-refractivity contribution in [3.8, 4) is 17.1 Å². The van der Waals surface area contributed by atoms with Gasteiger partial charge in [-0.15, -0.1) is 0 Å². The first-order valence-corrected chi connectivity index (χ1v) is 8.16. The SMILES string of the molecule is CC(C)N1CCO[C@@H](c2nc(-c3ccc4c(c3)CCO4)no2)C1. The molecule has 0 N–H and O–H groups in total. The lowest BCUT2D eigenvalue weighted by Crippen LogP contribution is -2.42. The van der Waals surface area contributed by atoms with Crippen LogP contribution in [0.2, 0.25) is 0 Å². The first-order valence-electron chi connectivity index (χ1n) is 8.16. The average Bonchev–Trinajstić information content (AvgIpc) is 3.23. The molecule has 2 aliphatic heterocycles. The Kier molecular flexibility index (Phi) is 3.79. The highest BCUT2D eigenvalue weighted by atomic mass is 16.5. The van der Waals surface area contributed by atoms with Gasteiger partial charge in [0.05, 0.1) is 13.2 Å². The minimum absolute atomic E-state index is 0.148. The van der Waals surface area contributed by atoms with Crippen molar-refractivity contribution in [2.24, 2.45) is 0 Å². The molecular weight excluding hydrogens is 294 g/mol. The van der Waals surface area contributed by atoms with E-state index in [-0.39, 0.29) is 6.10 Å². The lowest BCUT2D eigenvalue weighted by molar-refractivity contribution is -0.0539. The van der Waals surface area contributed by atoms with Crippen LogP contribution in [-0.2, 0) is 11.2 Å². The molecule has 3 heterocycles. The maximum Gasteiger partial charge on any atom is 0.257 e. The van der Waals surface area contributed by atoms with Gasteiger partial charge in [-0.1, -0.05) is 5.16 Å². The molecule has 23 heavy (non-hydrogen) atoms. The minimum atomic E-state index is -0.148. The van der Waals surface area contributed by atoms with Crippen molar-refractivity contribution in [1.29, 1.82) is 0 Å². The van der Waals surface area contributed by atoms with Crippen LogP contribution in [0.3, 0.4) is 0 Å². The van der Waals surface area contributed by atoms with Crippen LogP contribution in [0.4, 0.5) is 0 Å². The Morgan fingerprint density at radius 3 is 3.04 bits per heavy atom. The van der Waals surface area contributed by atoms with Crippen LogP contribution in [0.25, 0.3) is 11.4 Å². The van der Waals surface area contributed by atoms with Gasteiger partial charge in [0.2, 0.25) is 5.82 Å². The molecule has 1 saturated heterocycles. The molecule has 122 valence electrons. The van der Waals surface area contributed by atoms with Crippen molar-refractivity contribution in [2.75, 3.05) is 26.3 Å². The summed E-state index contributed by atoms with van der Waals surface area (Å²) in [5.41, 5.74) is 2.16. The lowest BCUT2D eigenvalue weighted by Gasteiger charge is -2.33. The fourth-order valence-corrected chi connectivity index (χ4v) is 3.10. The van der Waals surface area contributed by atoms with E-state index in [1.807, 2.05) is 12.1 Å². The van der Waals surface area contributed by atoms with Crippen LogP contribution < -0.4 is 4.74 Å². The van der Waals surface area contributed by atoms with Gasteiger partial charge in [-0.3, -0.25) is 4.90 Å². The first-order chi connectivity index (χ1) is 11.2. The normalized spacial score (nSPS) is 21.4. The Bertz CT molecular complexity index is 698. The van der Waals surface area contributed by atoms with Crippen LogP contribution in [-0.4, -0.2) is 47.4 Å². The lowest BCUT2D eigenvalue weighted by atomic mass is 10.1. The van der Waals surface area contributed by atoms with Crippen LogP contribution in [0.1, 0.15) is 31.4 Å². The molecule has 1 aromatic carbocycles. The predicted molar refractivity (Wildman–Crippen MR) is 84.3 cm³/mol. The standard InChI is InChI=1S/C17H21N3O3/c1-11(2)20-6-8-22-15(10-20)17-18-16(19-23-17)13-3-4-14-12(9-13)5-7-21-14/h3-4,9,11,15H,5-8,10H2,1-2H3/t15-/m1/s1. The third-order valence-corrected chi connectivity index (χ3v) is 4.49. The van der Waals surface area contributed by atoms with Gasteiger partial charge >= 0.3 is 0 Å². The number of hydrogen-bond acceptors (Lipinski definition) is 6. The minimum Gasteiger partial charge on any atom is -0.493 e. The topological polar surface area (TPSA) is 60.6 Å². The van der Waals surface area contributed by atoms with E-state index in [9.17, 15) is 0 Å². The molecule has 0 radical (unpaired) electrons. The van der Waals surface area contributed by atoms with Gasteiger partial charge in [0, 0.05) is 31.1 Å². The Hall–Kier alpha value is -1.92. The number of ether oxygens (including phenoxy) is 2. The summed E-state index contributed by atoms with van der Waals surface area (Å²) in [6.07, 6.45) is 0.785. The van der Waals surface area contributed by atoms with E-state index in [0.29, 0.717) is 24.4 Å². The molecule has 6 nitrogen and oxygen atoms in total. The summed E-state index contributed by atoms with van der Waals surface area (Å²) >= 11 is 0. The van der Waals surface area contributed by atoms with Crippen LogP contribution in [0.5, 0.6) is 5.75 Å². The van der Waals surface area contributed by atoms with E-state index in [1.165, 1.54) is 5.56 Å². The largest absolute Gasteiger partial charge is 0.493 e. The Morgan fingerprint density at radius 1 is 1.26 bits per heavy atom. The maximum absolute atomic E-state index is 5.81. The zero-order chi connectivity index (χ0) is 15.8. The third kappa shape index (κ3) is 2.84. The molecule has 0 aliphatic carbocycles. The Balaban J connectivity index is 1.55. The maximum atomic E-state index is 5.81. The molecule has 0 amide bonds. The van der Waals surface area contributed by atoms with E-state index in [1.54, 1.807) is 0 Å². The van der Waals surface area contributed by atoms with Crippen molar-refractivity contribution < 1.29 is 14.0 Å². The van der Waals surface area contributed by atoms with Crippen molar-refractivity contribution in [3.63, 3.8) is 0 Å². The fraction of sp³-hybridized carbons (Fsp3) is 0.529. The second-order valence-electron chi connectivity index (χ2n) is 6.33. The smallest absolute Gasteiger partial charge is 0.257 e. The Labute approximate surface area is 135 Å². The van der Waals surface area contributed by atoms with Gasteiger partial charge in [-0.05, 0) is 37.6 Å². The van der Waals surface area contributed by atoms with Crippen molar-refractivity contribution in [2.45, 2.75) is 32.4 Å². The van der Waals surface area contributed by atoms with E-state index in [2.05, 4.69) is 35.0 Å². The molecule has 0 spiro atoms. The number of morpholine rings is 1. The summed E-state index contributed by atoms with van der Waals surface area (Å²) in [5.74, 6) is 2.13. The molecule has 1 atom stereocenters. The summed E-state index contributed by atoms with van der Waals surface area (Å²) in [4.78, 5) is 6.92. The highest BCUT2D eigenvalue weighted by molar-refractivity contribution is 5.59. The van der Waals surface area contributed by atoms with Crippen LogP contribution >= 0.6 is 0 Å². The number of aromatic nitrogens is 2. The molecule has 0 unspecified atom stereocenters. The van der Waals surface area contributed by atoms with Gasteiger partial charge in [-0.25, -0.2) is 0 Å². The molecule has 1 aromatic heterocycles. The van der Waals surface area contributed by atoms with Gasteiger partial charge in [-0.2, -0.15) is 4.98 Å². The molecular formula is C17H21N3O3. The van der Waals surface area contributed by atoms with Crippen molar-refractivity contribution in [3.05, 3.63) is 29.7 Å². The summed E-state index contributed by atoms with van der Waals surface area (Å²) < 4.78 is 16.8. The average molecular weight is 315 g/mol. The van der Waals surface area contributed by atoms with Gasteiger partial charge in [0.25, 0.3) is 5.89 Å². The second-order valence-corrected chi connectivity index (χ2v) is 6.33. The molecule has 2 aromatic rings. The highest BCUT2D eigenvalue weighted by Crippen LogP contribution is 2.30. The molecule has 2 aliphatic rings. The quantitative estimate of drug-likeness (QED) is 0.867. The van der Waals surface area contributed by atoms with Crippen molar-refractivity contribution in [1.82, 2.24) is 15.0 Å². The number of nitrogens with zero attached hydrogens (tertiary/aromatic N) is 3. The van der Waals surface area contributed by atoms with Crippen LogP contribution in [0.15, 0.2) is 22.7 Å². The molecule has 0 bridgehead atoms. The Morgan fingerprint density at radius 2 is 2.17 bits per heavy atom. The molecule has 1 fully saturated rings. The summed E-state index contributed by atoms with van der Waals surface area (Å²) in [7, 11) is 0. The number of hydrogen-bond donors (Lipinski definition) is 0. The van der Waals surface area contributed by atoms with Crippen LogP contribution in [0, 0.1) is 0 Å². The van der Waals surface area contributed by atoms with Gasteiger partial charge < -0.3 is 14.0 Å². The van der Waals surface area contributed by atoms with Gasteiger partial charge in [0.15, 0.2) is 0 Å². The van der Waals surface area contributed by atoms with E-state index < -0.39 is 0 Å². The highest BCUT2D eigenvalue weighted by Gasteiger charge is 2.28. The van der Waals surface area contributed by atoms with E-state index in [4.69, 9.17) is 14.0 Å². The predicted octanol–water partition coefficient (Wildman–Crippen LogP) is 2.45. The fourth-order valence-electron chi connectivity index (χ4n) is 3.10. The van der Waals surface area contributed by atoms with Crippen molar-refractivity contribution >= 4 is 0 Å². The number of benzene rings is 1. The summed E-state index contributed by atoms with van der Waals surface area (Å²) in [5, 5.41) is 4.13. The second kappa shape index (κ2) is 5.94. The zero-order valence-corrected chi connectivity index (χ0v) is 13.5. The number of fused-ring (bicyclic) bond motifs is 1. The number of rotatable bonds is 3. The third-order valence-electron chi connectivity index (χ3n) is 4.49. The molecule has 4 rings (SSSR count). The van der Waals surface area contributed by atoms with E-state index >= 15 is 0 Å². The molecule has 6 heteroatoms. The monoisotopic (exact) mass is 315 g/mol. The zero-order valence-electron chi connectivity index (χ0n) is 13.5. The summed E-state index contributed by atoms with van der Waals surface area (Å²) in [6.45, 7) is 7.55. The molecule has 0 saturated carbocycles. The van der Waals surface area contributed by atoms with E-state index in [0.717, 1.165) is 37.4 Å².